The highest BCUT2D eigenvalue weighted by Crippen LogP contribution is 2.22. The van der Waals surface area contributed by atoms with Crippen molar-refractivity contribution in [2.45, 2.75) is 13.8 Å². The van der Waals surface area contributed by atoms with Crippen LogP contribution < -0.4 is 5.73 Å². The van der Waals surface area contributed by atoms with Crippen LogP contribution in [-0.4, -0.2) is 36.1 Å². The number of furan rings is 1. The third kappa shape index (κ3) is 3.08. The van der Waals surface area contributed by atoms with E-state index >= 15 is 0 Å². The van der Waals surface area contributed by atoms with Gasteiger partial charge < -0.3 is 19.6 Å². The van der Waals surface area contributed by atoms with Gasteiger partial charge in [-0.3, -0.25) is 4.79 Å². The number of rotatable bonds is 5. The fourth-order valence-electron chi connectivity index (χ4n) is 1.88. The minimum atomic E-state index is -0.201. The maximum Gasteiger partial charge on any atom is 0.275 e. The highest BCUT2D eigenvalue weighted by atomic mass is 16.5. The van der Waals surface area contributed by atoms with E-state index in [-0.39, 0.29) is 17.0 Å². The fraction of sp³-hybridized carbons (Fsp3) is 0.429. The molecule has 2 aromatic rings. The highest BCUT2D eigenvalue weighted by Gasteiger charge is 2.24. The van der Waals surface area contributed by atoms with Crippen molar-refractivity contribution in [3.8, 4) is 11.5 Å². The Labute approximate surface area is 117 Å². The summed E-state index contributed by atoms with van der Waals surface area (Å²) in [5.41, 5.74) is 5.79. The lowest BCUT2D eigenvalue weighted by atomic mass is 9.93. The average Bonchev–Trinajstić information content (AvgIpc) is 3.07. The second-order valence-electron chi connectivity index (χ2n) is 5.58. The molecule has 0 aliphatic heterocycles. The summed E-state index contributed by atoms with van der Waals surface area (Å²) in [5, 5.41) is 3.79. The van der Waals surface area contributed by atoms with Crippen LogP contribution >= 0.6 is 0 Å². The van der Waals surface area contributed by atoms with Gasteiger partial charge in [0.25, 0.3) is 5.91 Å². The molecule has 0 saturated carbocycles. The van der Waals surface area contributed by atoms with Crippen LogP contribution in [-0.2, 0) is 0 Å². The lowest BCUT2D eigenvalue weighted by molar-refractivity contribution is 0.0730. The molecule has 0 aromatic carbocycles. The van der Waals surface area contributed by atoms with E-state index in [0.29, 0.717) is 24.6 Å². The Kier molecular flexibility index (Phi) is 3.94. The van der Waals surface area contributed by atoms with E-state index in [4.69, 9.17) is 14.7 Å². The number of nitrogens with two attached hydrogens (primary N) is 1. The van der Waals surface area contributed by atoms with Crippen LogP contribution in [0.5, 0.6) is 0 Å². The van der Waals surface area contributed by atoms with Crippen LogP contribution in [0.4, 0.5) is 0 Å². The summed E-state index contributed by atoms with van der Waals surface area (Å²) in [4.78, 5) is 13.8. The normalized spacial score (nSPS) is 11.6. The minimum Gasteiger partial charge on any atom is -0.461 e. The summed E-state index contributed by atoms with van der Waals surface area (Å²) in [6.45, 7) is 5.06. The molecule has 6 nitrogen and oxygen atoms in total. The molecule has 6 heteroatoms. The second-order valence-corrected chi connectivity index (χ2v) is 5.58. The first kappa shape index (κ1) is 14.3. The Morgan fingerprint density at radius 1 is 1.45 bits per heavy atom. The van der Waals surface area contributed by atoms with Crippen LogP contribution in [0.15, 0.2) is 33.4 Å². The van der Waals surface area contributed by atoms with E-state index in [9.17, 15) is 4.79 Å². The maximum atomic E-state index is 12.3. The largest absolute Gasteiger partial charge is 0.461 e. The molecule has 0 bridgehead atoms. The van der Waals surface area contributed by atoms with E-state index < -0.39 is 0 Å². The smallest absolute Gasteiger partial charge is 0.275 e. The molecule has 0 aliphatic rings. The van der Waals surface area contributed by atoms with Crippen LogP contribution in [0.2, 0.25) is 0 Å². The molecule has 2 rings (SSSR count). The van der Waals surface area contributed by atoms with Crippen molar-refractivity contribution in [3.05, 3.63) is 30.2 Å². The number of amides is 1. The van der Waals surface area contributed by atoms with Crippen molar-refractivity contribution in [1.82, 2.24) is 10.1 Å². The van der Waals surface area contributed by atoms with Crippen molar-refractivity contribution in [2.75, 3.05) is 20.1 Å². The van der Waals surface area contributed by atoms with Gasteiger partial charge in [-0.2, -0.15) is 0 Å². The molecular formula is C14H19N3O3. The predicted octanol–water partition coefficient (Wildman–Crippen LogP) is 1.99. The molecule has 1 amide bonds. The van der Waals surface area contributed by atoms with Gasteiger partial charge in [-0.15, -0.1) is 0 Å². The number of aromatic nitrogens is 1. The van der Waals surface area contributed by atoms with Gasteiger partial charge in [-0.25, -0.2) is 0 Å². The lowest BCUT2D eigenvalue weighted by Crippen LogP contribution is -2.39. The van der Waals surface area contributed by atoms with Crippen molar-refractivity contribution < 1.29 is 13.7 Å². The minimum absolute atomic E-state index is 0.141. The van der Waals surface area contributed by atoms with Crippen LogP contribution in [0.25, 0.3) is 11.5 Å². The molecule has 0 unspecified atom stereocenters. The highest BCUT2D eigenvalue weighted by molar-refractivity contribution is 5.92. The van der Waals surface area contributed by atoms with Gasteiger partial charge in [0.05, 0.1) is 6.26 Å². The molecule has 0 saturated heterocycles. The van der Waals surface area contributed by atoms with Gasteiger partial charge in [0.2, 0.25) is 5.76 Å². The molecule has 2 N–H and O–H groups in total. The average molecular weight is 277 g/mol. The summed E-state index contributed by atoms with van der Waals surface area (Å²) >= 11 is 0. The molecular weight excluding hydrogens is 258 g/mol. The first-order valence-corrected chi connectivity index (χ1v) is 6.39. The summed E-state index contributed by atoms with van der Waals surface area (Å²) < 4.78 is 10.3. The van der Waals surface area contributed by atoms with Crippen LogP contribution in [0.1, 0.15) is 24.3 Å². The number of hydrogen-bond acceptors (Lipinski definition) is 5. The van der Waals surface area contributed by atoms with Crippen molar-refractivity contribution in [3.63, 3.8) is 0 Å². The summed E-state index contributed by atoms with van der Waals surface area (Å²) in [7, 11) is 1.72. The van der Waals surface area contributed by atoms with Gasteiger partial charge in [-0.1, -0.05) is 19.0 Å². The number of nitrogens with zero attached hydrogens (tertiary/aromatic N) is 2. The van der Waals surface area contributed by atoms with E-state index in [1.165, 1.54) is 6.26 Å². The topological polar surface area (TPSA) is 85.5 Å². The van der Waals surface area contributed by atoms with Crippen molar-refractivity contribution in [2.24, 2.45) is 11.1 Å². The lowest BCUT2D eigenvalue weighted by Gasteiger charge is -2.28. The summed E-state index contributed by atoms with van der Waals surface area (Å²) in [6, 6.07) is 5.07. The Morgan fingerprint density at radius 3 is 2.80 bits per heavy atom. The molecule has 2 aromatic heterocycles. The molecule has 2 heterocycles. The van der Waals surface area contributed by atoms with Gasteiger partial charge in [-0.05, 0) is 24.1 Å². The van der Waals surface area contributed by atoms with Crippen molar-refractivity contribution in [1.29, 1.82) is 0 Å². The SMILES string of the molecule is CN(CC(C)(C)CN)C(=O)c1cc(-c2ccco2)on1. The number of carbonyl (C=O) groups is 1. The molecule has 0 fully saturated rings. The monoisotopic (exact) mass is 277 g/mol. The van der Waals surface area contributed by atoms with Crippen molar-refractivity contribution >= 4 is 5.91 Å². The van der Waals surface area contributed by atoms with E-state index in [0.717, 1.165) is 0 Å². The maximum absolute atomic E-state index is 12.3. The molecule has 0 aliphatic carbocycles. The zero-order valence-electron chi connectivity index (χ0n) is 11.9. The molecule has 0 spiro atoms. The molecule has 0 radical (unpaired) electrons. The Balaban J connectivity index is 2.10. The molecule has 108 valence electrons. The van der Waals surface area contributed by atoms with Gasteiger partial charge in [0.1, 0.15) is 0 Å². The van der Waals surface area contributed by atoms with E-state index in [1.807, 2.05) is 13.8 Å². The summed E-state index contributed by atoms with van der Waals surface area (Å²) in [6.07, 6.45) is 1.54. The zero-order valence-corrected chi connectivity index (χ0v) is 11.9. The van der Waals surface area contributed by atoms with E-state index in [1.54, 1.807) is 30.1 Å². The van der Waals surface area contributed by atoms with Crippen LogP contribution in [0, 0.1) is 5.41 Å². The van der Waals surface area contributed by atoms with E-state index in [2.05, 4.69) is 5.16 Å². The quantitative estimate of drug-likeness (QED) is 0.903. The standard InChI is InChI=1S/C14H19N3O3/c1-14(2,8-15)9-17(3)13(18)10-7-12(20-16-10)11-5-4-6-19-11/h4-7H,8-9,15H2,1-3H3. The number of hydrogen-bond donors (Lipinski definition) is 1. The third-order valence-corrected chi connectivity index (χ3v) is 3.06. The first-order valence-electron chi connectivity index (χ1n) is 6.39. The molecule has 20 heavy (non-hydrogen) atoms. The zero-order chi connectivity index (χ0) is 14.8. The van der Waals surface area contributed by atoms with Gasteiger partial charge >= 0.3 is 0 Å². The Hall–Kier alpha value is -2.08. The summed E-state index contributed by atoms with van der Waals surface area (Å²) in [5.74, 6) is 0.777. The first-order chi connectivity index (χ1) is 9.43. The Morgan fingerprint density at radius 2 is 2.20 bits per heavy atom. The predicted molar refractivity (Wildman–Crippen MR) is 74.0 cm³/mol. The van der Waals surface area contributed by atoms with Gasteiger partial charge in [0.15, 0.2) is 11.5 Å². The third-order valence-electron chi connectivity index (χ3n) is 3.06. The fourth-order valence-corrected chi connectivity index (χ4v) is 1.88. The molecule has 0 atom stereocenters. The second kappa shape index (κ2) is 5.50. The van der Waals surface area contributed by atoms with Crippen LogP contribution in [0.3, 0.4) is 0 Å². The number of carbonyl (C=O) groups excluding carboxylic acids is 1. The van der Waals surface area contributed by atoms with Gasteiger partial charge in [0, 0.05) is 19.7 Å². The Bertz CT molecular complexity index is 572.